The molecule has 5 nitrogen and oxygen atoms in total. The van der Waals surface area contributed by atoms with E-state index in [9.17, 15) is 9.59 Å². The largest absolute Gasteiger partial charge is 0.346 e. The molecule has 0 bridgehead atoms. The van der Waals surface area contributed by atoms with Gasteiger partial charge in [0.2, 0.25) is 5.95 Å². The zero-order chi connectivity index (χ0) is 12.7. The first-order valence-corrected chi connectivity index (χ1v) is 6.13. The van der Waals surface area contributed by atoms with Crippen LogP contribution in [-0.2, 0) is 0 Å². The van der Waals surface area contributed by atoms with Gasteiger partial charge >= 0.3 is 0 Å². The summed E-state index contributed by atoms with van der Waals surface area (Å²) < 4.78 is 1.35. The third kappa shape index (κ3) is 1.57. The van der Waals surface area contributed by atoms with Crippen LogP contribution in [0.15, 0.2) is 39.6 Å². The molecule has 0 radical (unpaired) electrons. The molecule has 1 N–H and O–H groups in total. The van der Waals surface area contributed by atoms with Crippen LogP contribution in [0.3, 0.4) is 0 Å². The number of nitrogens with one attached hydrogen (secondary N) is 1. The number of carbonyl (C=O) groups is 1. The highest BCUT2D eigenvalue weighted by Gasteiger charge is 2.24. The van der Waals surface area contributed by atoms with E-state index >= 15 is 0 Å². The van der Waals surface area contributed by atoms with Crippen LogP contribution in [0.5, 0.6) is 0 Å². The maximum absolute atomic E-state index is 12.1. The molecule has 3 rings (SSSR count). The summed E-state index contributed by atoms with van der Waals surface area (Å²) in [6, 6.07) is 9.35. The van der Waals surface area contributed by atoms with Gasteiger partial charge in [-0.15, -0.1) is 0 Å². The highest BCUT2D eigenvalue weighted by molar-refractivity contribution is 9.10. The zero-order valence-corrected chi connectivity index (χ0v) is 10.8. The lowest BCUT2D eigenvalue weighted by atomic mass is 10.1. The van der Waals surface area contributed by atoms with E-state index < -0.39 is 0 Å². The minimum absolute atomic E-state index is 0.104. The molecule has 1 aromatic heterocycles. The lowest BCUT2D eigenvalue weighted by molar-refractivity contribution is 0.0940. The van der Waals surface area contributed by atoms with Crippen LogP contribution in [0, 0.1) is 0 Å². The number of anilines is 1. The average molecular weight is 306 g/mol. The molecule has 0 atom stereocenters. The van der Waals surface area contributed by atoms with E-state index in [2.05, 4.69) is 26.2 Å². The van der Waals surface area contributed by atoms with Gasteiger partial charge in [-0.25, -0.2) is 9.55 Å². The Bertz CT molecular complexity index is 694. The summed E-state index contributed by atoms with van der Waals surface area (Å²) in [5.74, 6) is 0.00913. The Hall–Kier alpha value is -1.95. The molecular weight excluding hydrogens is 298 g/mol. The van der Waals surface area contributed by atoms with Crippen LogP contribution in [0.4, 0.5) is 5.95 Å². The molecule has 0 saturated carbocycles. The predicted molar refractivity (Wildman–Crippen MR) is 70.7 cm³/mol. The molecule has 1 aliphatic rings. The summed E-state index contributed by atoms with van der Waals surface area (Å²) in [5.41, 5.74) is 0.980. The van der Waals surface area contributed by atoms with Crippen LogP contribution < -0.4 is 10.9 Å². The van der Waals surface area contributed by atoms with Gasteiger partial charge in [0, 0.05) is 5.56 Å². The van der Waals surface area contributed by atoms with E-state index in [1.54, 1.807) is 0 Å². The van der Waals surface area contributed by atoms with Crippen LogP contribution >= 0.6 is 15.9 Å². The van der Waals surface area contributed by atoms with Gasteiger partial charge < -0.3 is 5.32 Å². The number of benzene rings is 1. The topological polar surface area (TPSA) is 64.0 Å². The van der Waals surface area contributed by atoms with Crippen LogP contribution in [0.2, 0.25) is 0 Å². The number of fused-ring (bicyclic) bond motifs is 1. The smallest absolute Gasteiger partial charge is 0.276 e. The first-order chi connectivity index (χ1) is 8.68. The minimum Gasteiger partial charge on any atom is -0.346 e. The van der Waals surface area contributed by atoms with Crippen molar-refractivity contribution < 1.29 is 4.79 Å². The fraction of sp³-hybridized carbons (Fsp3) is 0.0833. The van der Waals surface area contributed by atoms with E-state index in [0.717, 1.165) is 10.1 Å². The van der Waals surface area contributed by atoms with E-state index in [1.807, 2.05) is 30.3 Å². The second-order valence-electron chi connectivity index (χ2n) is 3.85. The van der Waals surface area contributed by atoms with Gasteiger partial charge in [0.15, 0.2) is 0 Å². The van der Waals surface area contributed by atoms with Gasteiger partial charge in [0.1, 0.15) is 4.47 Å². The number of carbonyl (C=O) groups excluding carboxylic acids is 1. The van der Waals surface area contributed by atoms with Gasteiger partial charge in [-0.05, 0) is 15.9 Å². The van der Waals surface area contributed by atoms with E-state index in [0.29, 0.717) is 16.1 Å². The van der Waals surface area contributed by atoms with Crippen molar-refractivity contribution in [2.24, 2.45) is 0 Å². The Morgan fingerprint density at radius 1 is 1.22 bits per heavy atom. The molecule has 0 spiro atoms. The summed E-state index contributed by atoms with van der Waals surface area (Å²) in [6.07, 6.45) is 0. The van der Waals surface area contributed by atoms with Gasteiger partial charge in [0.25, 0.3) is 11.5 Å². The standard InChI is InChI=1S/C12H8BrN3O2/c13-9-10(7-4-2-1-3-5-7)15-12-14-6-8(17)16(12)11(9)18/h1-5H,6H2,(H,14,15). The number of halogens is 1. The van der Waals surface area contributed by atoms with Crippen molar-refractivity contribution in [2.45, 2.75) is 0 Å². The minimum atomic E-state index is -0.381. The lowest BCUT2D eigenvalue weighted by Crippen LogP contribution is -2.25. The van der Waals surface area contributed by atoms with E-state index in [4.69, 9.17) is 0 Å². The molecule has 1 aliphatic heterocycles. The van der Waals surface area contributed by atoms with Crippen LogP contribution in [-0.4, -0.2) is 22.0 Å². The molecule has 0 aliphatic carbocycles. The summed E-state index contributed by atoms with van der Waals surface area (Å²) in [5, 5.41) is 2.81. The number of hydrogen-bond acceptors (Lipinski definition) is 4. The summed E-state index contributed by atoms with van der Waals surface area (Å²) >= 11 is 3.22. The Morgan fingerprint density at radius 3 is 2.67 bits per heavy atom. The molecule has 2 aromatic rings. The number of rotatable bonds is 1. The van der Waals surface area contributed by atoms with Crippen molar-refractivity contribution in [3.8, 4) is 11.3 Å². The Balaban J connectivity index is 2.29. The first-order valence-electron chi connectivity index (χ1n) is 5.33. The van der Waals surface area contributed by atoms with Crippen molar-refractivity contribution in [3.63, 3.8) is 0 Å². The number of aromatic nitrogens is 2. The van der Waals surface area contributed by atoms with Crippen molar-refractivity contribution in [2.75, 3.05) is 11.9 Å². The fourth-order valence-corrected chi connectivity index (χ4v) is 2.37. The van der Waals surface area contributed by atoms with Crippen molar-refractivity contribution in [1.29, 1.82) is 0 Å². The second-order valence-corrected chi connectivity index (χ2v) is 4.64. The molecule has 0 saturated heterocycles. The highest BCUT2D eigenvalue weighted by atomic mass is 79.9. The third-order valence-electron chi connectivity index (χ3n) is 2.72. The highest BCUT2D eigenvalue weighted by Crippen LogP contribution is 2.25. The van der Waals surface area contributed by atoms with Gasteiger partial charge in [0.05, 0.1) is 12.2 Å². The normalized spacial score (nSPS) is 13.3. The van der Waals surface area contributed by atoms with Gasteiger partial charge in [-0.2, -0.15) is 0 Å². The second kappa shape index (κ2) is 4.06. The Labute approximate surface area is 111 Å². The van der Waals surface area contributed by atoms with Gasteiger partial charge in [-0.1, -0.05) is 30.3 Å². The SMILES string of the molecule is O=C1CNc2nc(-c3ccccc3)c(Br)c(=O)n21. The summed E-state index contributed by atoms with van der Waals surface area (Å²) in [4.78, 5) is 27.9. The van der Waals surface area contributed by atoms with E-state index in [-0.39, 0.29) is 18.0 Å². The molecule has 6 heteroatoms. The monoisotopic (exact) mass is 305 g/mol. The Kier molecular flexibility index (Phi) is 2.52. The molecule has 90 valence electrons. The van der Waals surface area contributed by atoms with Crippen molar-refractivity contribution in [1.82, 2.24) is 9.55 Å². The summed E-state index contributed by atoms with van der Waals surface area (Å²) in [6.45, 7) is 0.104. The average Bonchev–Trinajstić information content (AvgIpc) is 2.76. The van der Waals surface area contributed by atoms with Crippen LogP contribution in [0.25, 0.3) is 11.3 Å². The predicted octanol–water partition coefficient (Wildman–Crippen LogP) is 1.74. The van der Waals surface area contributed by atoms with Crippen molar-refractivity contribution in [3.05, 3.63) is 45.2 Å². The molecule has 0 amide bonds. The molecule has 2 heterocycles. The first kappa shape index (κ1) is 11.2. The third-order valence-corrected chi connectivity index (χ3v) is 3.44. The van der Waals surface area contributed by atoms with Crippen LogP contribution in [0.1, 0.15) is 4.79 Å². The zero-order valence-electron chi connectivity index (χ0n) is 9.18. The van der Waals surface area contributed by atoms with E-state index in [1.165, 1.54) is 0 Å². The number of hydrogen-bond donors (Lipinski definition) is 1. The molecule has 0 unspecified atom stereocenters. The molecule has 18 heavy (non-hydrogen) atoms. The quantitative estimate of drug-likeness (QED) is 0.871. The fourth-order valence-electron chi connectivity index (χ4n) is 1.87. The lowest BCUT2D eigenvalue weighted by Gasteiger charge is -2.06. The van der Waals surface area contributed by atoms with Crippen molar-refractivity contribution >= 4 is 27.8 Å². The summed E-state index contributed by atoms with van der Waals surface area (Å²) in [7, 11) is 0. The Morgan fingerprint density at radius 2 is 1.94 bits per heavy atom. The maximum Gasteiger partial charge on any atom is 0.276 e. The maximum atomic E-state index is 12.1. The van der Waals surface area contributed by atoms with Gasteiger partial charge in [-0.3, -0.25) is 9.59 Å². The molecule has 0 fully saturated rings. The molecule has 1 aromatic carbocycles. The molecular formula is C12H8BrN3O2. The number of nitrogens with zero attached hydrogens (tertiary/aromatic N) is 2.